The summed E-state index contributed by atoms with van der Waals surface area (Å²) in [6, 6.07) is 6.72. The first-order valence-electron chi connectivity index (χ1n) is 4.27. The Balaban J connectivity index is 3.78. The highest BCUT2D eigenvalue weighted by atomic mass is 19.1. The fourth-order valence-corrected chi connectivity index (χ4v) is 1.15. The topological polar surface area (TPSA) is 56.3 Å². The molecule has 0 heterocycles. The lowest BCUT2D eigenvalue weighted by Gasteiger charge is -1.92. The van der Waals surface area contributed by atoms with Crippen molar-refractivity contribution in [2.24, 2.45) is 0 Å². The molecule has 0 saturated heterocycles. The molecule has 1 aromatic rings. The predicted molar refractivity (Wildman–Crippen MR) is 56.9 cm³/mol. The molecular weight excluding hydrogens is 219 g/mol. The summed E-state index contributed by atoms with van der Waals surface area (Å²) in [5.74, 6) is -0.800. The molecular formula is C12H3FN4. The second-order valence-corrected chi connectivity index (χ2v) is 2.84. The molecule has 4 nitrogen and oxygen atoms in total. The molecule has 0 spiro atoms. The Morgan fingerprint density at radius 3 is 2.12 bits per heavy atom. The molecule has 78 valence electrons. The fraction of sp³-hybridized carbons (Fsp3) is 0. The summed E-state index contributed by atoms with van der Waals surface area (Å²) in [6.45, 7) is 13.4. The van der Waals surface area contributed by atoms with Crippen LogP contribution in [-0.4, -0.2) is 0 Å². The van der Waals surface area contributed by atoms with E-state index in [0.717, 1.165) is 6.07 Å². The molecule has 0 aliphatic carbocycles. The molecule has 1 rings (SSSR count). The average molecular weight is 222 g/mol. The Bertz CT molecular complexity index is 716. The zero-order chi connectivity index (χ0) is 12.8. The van der Waals surface area contributed by atoms with Crippen molar-refractivity contribution in [1.82, 2.24) is 0 Å². The predicted octanol–water partition coefficient (Wildman–Crippen LogP) is 0.928. The number of nitriles is 2. The number of benzene rings is 1. The van der Waals surface area contributed by atoms with Crippen LogP contribution in [0.1, 0.15) is 0 Å². The SMILES string of the molecule is [C-]#[N+]C(C#N)=c1ccc(=C(C#N)[N+]#[C-])c(F)c1. The maximum absolute atomic E-state index is 13.6. The van der Waals surface area contributed by atoms with Gasteiger partial charge in [0.15, 0.2) is 0 Å². The van der Waals surface area contributed by atoms with Crippen LogP contribution in [-0.2, 0) is 0 Å². The summed E-state index contributed by atoms with van der Waals surface area (Å²) in [5, 5.41) is 17.2. The van der Waals surface area contributed by atoms with Gasteiger partial charge in [-0.15, -0.1) is 0 Å². The lowest BCUT2D eigenvalue weighted by atomic mass is 10.2. The minimum absolute atomic E-state index is 0.131. The highest BCUT2D eigenvalue weighted by molar-refractivity contribution is 5.67. The molecule has 0 N–H and O–H groups in total. The molecule has 0 aliphatic rings. The fourth-order valence-electron chi connectivity index (χ4n) is 1.15. The van der Waals surface area contributed by atoms with Crippen LogP contribution in [0, 0.1) is 41.6 Å². The van der Waals surface area contributed by atoms with Crippen molar-refractivity contribution in [3.05, 3.63) is 57.3 Å². The first-order valence-corrected chi connectivity index (χ1v) is 4.27. The van der Waals surface area contributed by atoms with Crippen LogP contribution >= 0.6 is 0 Å². The van der Waals surface area contributed by atoms with Crippen molar-refractivity contribution in [2.45, 2.75) is 0 Å². The molecule has 0 unspecified atom stereocenters. The normalized spacial score (nSPS) is 12.3. The monoisotopic (exact) mass is 222 g/mol. The standard InChI is InChI=1S/C12H3FN4/c1-16-11(6-14)8-3-4-9(10(13)5-8)12(7-15)17-2/h3-5H. The third-order valence-electron chi connectivity index (χ3n) is 1.93. The Labute approximate surface area is 96.4 Å². The summed E-state index contributed by atoms with van der Waals surface area (Å²) < 4.78 is 13.6. The highest BCUT2D eigenvalue weighted by Gasteiger charge is 2.02. The van der Waals surface area contributed by atoms with Gasteiger partial charge in [-0.25, -0.2) is 24.6 Å². The van der Waals surface area contributed by atoms with Crippen LogP contribution in [0.4, 0.5) is 4.39 Å². The van der Waals surface area contributed by atoms with Crippen LogP contribution in [0.15, 0.2) is 18.2 Å². The van der Waals surface area contributed by atoms with Crippen molar-refractivity contribution in [1.29, 1.82) is 10.5 Å². The van der Waals surface area contributed by atoms with Crippen molar-refractivity contribution < 1.29 is 4.39 Å². The first-order chi connectivity index (χ1) is 8.17. The second kappa shape index (κ2) is 5.08. The maximum atomic E-state index is 13.6. The van der Waals surface area contributed by atoms with Gasteiger partial charge in [0.2, 0.25) is 0 Å². The average Bonchev–Trinajstić information content (AvgIpc) is 2.34. The van der Waals surface area contributed by atoms with E-state index < -0.39 is 5.82 Å². The molecule has 17 heavy (non-hydrogen) atoms. The molecule has 0 radical (unpaired) electrons. The molecule has 1 aromatic carbocycles. The van der Waals surface area contributed by atoms with E-state index in [1.807, 2.05) is 0 Å². The number of halogens is 1. The second-order valence-electron chi connectivity index (χ2n) is 2.84. The third-order valence-corrected chi connectivity index (χ3v) is 1.93. The molecule has 5 heteroatoms. The van der Waals surface area contributed by atoms with E-state index in [9.17, 15) is 4.39 Å². The van der Waals surface area contributed by atoms with Crippen molar-refractivity contribution in [2.75, 3.05) is 0 Å². The molecule has 0 aromatic heterocycles. The molecule has 0 amide bonds. The number of rotatable bonds is 0. The van der Waals surface area contributed by atoms with Gasteiger partial charge in [-0.3, -0.25) is 0 Å². The Morgan fingerprint density at radius 2 is 1.71 bits per heavy atom. The van der Waals surface area contributed by atoms with Gasteiger partial charge in [0, 0.05) is 5.22 Å². The first kappa shape index (κ1) is 11.9. The zero-order valence-corrected chi connectivity index (χ0v) is 8.40. The molecule has 0 saturated carbocycles. The molecule has 0 bridgehead atoms. The Morgan fingerprint density at radius 1 is 1.12 bits per heavy atom. The van der Waals surface area contributed by atoms with Gasteiger partial charge >= 0.3 is 0 Å². The van der Waals surface area contributed by atoms with Crippen LogP contribution in [0.2, 0.25) is 0 Å². The van der Waals surface area contributed by atoms with Crippen molar-refractivity contribution >= 4 is 11.4 Å². The Kier molecular flexibility index (Phi) is 3.56. The summed E-state index contributed by atoms with van der Waals surface area (Å²) in [5.41, 5.74) is -0.605. The van der Waals surface area contributed by atoms with Crippen molar-refractivity contribution in [3.63, 3.8) is 0 Å². The van der Waals surface area contributed by atoms with E-state index in [2.05, 4.69) is 9.69 Å². The quantitative estimate of drug-likeness (QED) is 0.613. The van der Waals surface area contributed by atoms with Gasteiger partial charge in [0.25, 0.3) is 11.4 Å². The lowest BCUT2D eigenvalue weighted by Crippen LogP contribution is -2.16. The summed E-state index contributed by atoms with van der Waals surface area (Å²) in [4.78, 5) is 5.83. The smallest absolute Gasteiger partial charge is 0.226 e. The Hall–Kier alpha value is -3.15. The van der Waals surface area contributed by atoms with Crippen LogP contribution < -0.4 is 10.4 Å². The maximum Gasteiger partial charge on any atom is 0.271 e. The number of hydrogen-bond donors (Lipinski definition) is 0. The van der Waals surface area contributed by atoms with Crippen LogP contribution in [0.3, 0.4) is 0 Å². The number of nitrogens with zero attached hydrogens (tertiary/aromatic N) is 4. The van der Waals surface area contributed by atoms with Crippen molar-refractivity contribution in [3.8, 4) is 12.1 Å². The van der Waals surface area contributed by atoms with E-state index >= 15 is 0 Å². The van der Waals surface area contributed by atoms with E-state index in [0.29, 0.717) is 0 Å². The van der Waals surface area contributed by atoms with Crippen LogP contribution in [0.5, 0.6) is 0 Å². The van der Waals surface area contributed by atoms with E-state index in [1.54, 1.807) is 12.1 Å². The molecule has 0 aliphatic heterocycles. The minimum atomic E-state index is -0.800. The highest BCUT2D eigenvalue weighted by Crippen LogP contribution is 1.96. The lowest BCUT2D eigenvalue weighted by molar-refractivity contribution is 0.617. The van der Waals surface area contributed by atoms with Gasteiger partial charge in [-0.2, -0.15) is 0 Å². The van der Waals surface area contributed by atoms with Gasteiger partial charge in [0.1, 0.15) is 5.82 Å². The number of hydrogen-bond acceptors (Lipinski definition) is 2. The van der Waals surface area contributed by atoms with E-state index in [4.69, 9.17) is 23.7 Å². The summed E-state index contributed by atoms with van der Waals surface area (Å²) in [7, 11) is 0. The summed E-state index contributed by atoms with van der Waals surface area (Å²) in [6.07, 6.45) is 0. The van der Waals surface area contributed by atoms with Gasteiger partial charge in [-0.05, 0) is 11.3 Å². The molecule has 0 fully saturated rings. The minimum Gasteiger partial charge on any atom is -0.226 e. The molecule has 0 atom stereocenters. The van der Waals surface area contributed by atoms with Crippen LogP contribution in [0.25, 0.3) is 21.1 Å². The summed E-state index contributed by atoms with van der Waals surface area (Å²) >= 11 is 0. The van der Waals surface area contributed by atoms with E-state index in [1.165, 1.54) is 12.1 Å². The van der Waals surface area contributed by atoms with Gasteiger partial charge < -0.3 is 0 Å². The largest absolute Gasteiger partial charge is 0.271 e. The zero-order valence-electron chi connectivity index (χ0n) is 8.40. The van der Waals surface area contributed by atoms with E-state index in [-0.39, 0.29) is 21.8 Å². The third kappa shape index (κ3) is 2.26. The van der Waals surface area contributed by atoms with Gasteiger partial charge in [-0.1, -0.05) is 12.1 Å². The van der Waals surface area contributed by atoms with Gasteiger partial charge in [0.05, 0.1) is 25.3 Å².